The highest BCUT2D eigenvalue weighted by atomic mass is 35.5. The molecule has 2 amide bonds. The molecular weight excluding hydrogens is 443 g/mol. The minimum atomic E-state index is -4.48. The van der Waals surface area contributed by atoms with Crippen LogP contribution in [0, 0.1) is 0 Å². The average molecular weight is 462 g/mol. The van der Waals surface area contributed by atoms with Gasteiger partial charge in [0.15, 0.2) is 6.61 Å². The lowest BCUT2D eigenvalue weighted by molar-refractivity contribution is -0.153. The van der Waals surface area contributed by atoms with Gasteiger partial charge in [0.05, 0.1) is 17.1 Å². The molecule has 1 aliphatic rings. The first-order valence-corrected chi connectivity index (χ1v) is 10.3. The van der Waals surface area contributed by atoms with E-state index in [1.165, 1.54) is 29.5 Å². The summed E-state index contributed by atoms with van der Waals surface area (Å²) in [6.07, 6.45) is -4.48. The van der Waals surface area contributed by atoms with E-state index in [1.54, 1.807) is 15.9 Å². The second-order valence-corrected chi connectivity index (χ2v) is 7.93. The van der Waals surface area contributed by atoms with E-state index < -0.39 is 12.8 Å². The normalized spacial score (nSPS) is 14.5. The third-order valence-electron chi connectivity index (χ3n) is 4.41. The molecule has 0 unspecified atom stereocenters. The fraction of sp³-hybridized carbons (Fsp3) is 0.368. The molecule has 1 N–H and O–H groups in total. The summed E-state index contributed by atoms with van der Waals surface area (Å²) in [5.74, 6) is -0.337. The van der Waals surface area contributed by atoms with E-state index in [4.69, 9.17) is 16.3 Å². The molecule has 0 radical (unpaired) electrons. The predicted octanol–water partition coefficient (Wildman–Crippen LogP) is 3.74. The van der Waals surface area contributed by atoms with Crippen LogP contribution >= 0.6 is 22.9 Å². The Balaban J connectivity index is 1.52. The molecule has 1 aliphatic heterocycles. The van der Waals surface area contributed by atoms with Crippen LogP contribution in [0.3, 0.4) is 0 Å². The van der Waals surface area contributed by atoms with Crippen LogP contribution in [0.2, 0.25) is 5.02 Å². The molecule has 0 aliphatic carbocycles. The van der Waals surface area contributed by atoms with Crippen LogP contribution in [-0.4, -0.2) is 67.1 Å². The molecule has 2 heterocycles. The van der Waals surface area contributed by atoms with Crippen molar-refractivity contribution in [2.75, 3.05) is 44.6 Å². The molecule has 30 heavy (non-hydrogen) atoms. The Morgan fingerprint density at radius 3 is 2.47 bits per heavy atom. The lowest BCUT2D eigenvalue weighted by Crippen LogP contribution is -2.51. The molecule has 0 bridgehead atoms. The molecule has 162 valence electrons. The zero-order valence-electron chi connectivity index (χ0n) is 15.7. The van der Waals surface area contributed by atoms with Crippen LogP contribution in [0.15, 0.2) is 35.7 Å². The number of thiophene rings is 1. The van der Waals surface area contributed by atoms with Crippen LogP contribution in [-0.2, 0) is 4.79 Å². The van der Waals surface area contributed by atoms with Gasteiger partial charge in [-0.3, -0.25) is 9.59 Å². The van der Waals surface area contributed by atoms with Gasteiger partial charge in [-0.1, -0.05) is 17.7 Å². The van der Waals surface area contributed by atoms with Crippen molar-refractivity contribution in [2.24, 2.45) is 0 Å². The van der Waals surface area contributed by atoms with Crippen LogP contribution in [0.1, 0.15) is 9.67 Å². The lowest BCUT2D eigenvalue weighted by atomic mass is 10.2. The fourth-order valence-corrected chi connectivity index (χ4v) is 3.79. The van der Waals surface area contributed by atoms with Crippen molar-refractivity contribution in [2.45, 2.75) is 6.18 Å². The summed E-state index contributed by atoms with van der Waals surface area (Å²) in [7, 11) is 0. The predicted molar refractivity (Wildman–Crippen MR) is 108 cm³/mol. The van der Waals surface area contributed by atoms with Gasteiger partial charge in [0.1, 0.15) is 5.75 Å². The summed E-state index contributed by atoms with van der Waals surface area (Å²) in [5, 5.41) is 4.93. The number of amides is 2. The summed E-state index contributed by atoms with van der Waals surface area (Å²) < 4.78 is 42.1. The molecule has 0 saturated carbocycles. The minimum Gasteiger partial charge on any atom is -0.482 e. The van der Waals surface area contributed by atoms with Gasteiger partial charge in [-0.05, 0) is 29.6 Å². The lowest BCUT2D eigenvalue weighted by Gasteiger charge is -2.34. The van der Waals surface area contributed by atoms with Gasteiger partial charge >= 0.3 is 6.18 Å². The first-order valence-electron chi connectivity index (χ1n) is 9.06. The number of nitrogens with zero attached hydrogens (tertiary/aromatic N) is 2. The summed E-state index contributed by atoms with van der Waals surface area (Å²) in [4.78, 5) is 28.8. The van der Waals surface area contributed by atoms with E-state index in [0.717, 1.165) is 0 Å². The average Bonchev–Trinajstić information content (AvgIpc) is 3.25. The number of carbonyl (C=O) groups is 2. The number of alkyl halides is 3. The molecule has 11 heteroatoms. The third-order valence-corrected chi connectivity index (χ3v) is 5.51. The largest absolute Gasteiger partial charge is 0.482 e. The van der Waals surface area contributed by atoms with Gasteiger partial charge < -0.3 is 19.9 Å². The number of nitrogens with one attached hydrogen (secondary N) is 1. The second kappa shape index (κ2) is 9.57. The molecule has 1 fully saturated rings. The van der Waals surface area contributed by atoms with Crippen molar-refractivity contribution in [3.05, 3.63) is 45.6 Å². The Bertz CT molecular complexity index is 885. The number of halogens is 4. The number of benzene rings is 1. The zero-order valence-corrected chi connectivity index (χ0v) is 17.3. The maximum Gasteiger partial charge on any atom is 0.422 e. The quantitative estimate of drug-likeness (QED) is 0.712. The van der Waals surface area contributed by atoms with E-state index in [2.05, 4.69) is 5.32 Å². The van der Waals surface area contributed by atoms with Gasteiger partial charge in [0.25, 0.3) is 5.91 Å². The van der Waals surface area contributed by atoms with Gasteiger partial charge in [0.2, 0.25) is 5.91 Å². The fourth-order valence-electron chi connectivity index (χ4n) is 2.92. The number of hydrogen-bond acceptors (Lipinski definition) is 5. The van der Waals surface area contributed by atoms with E-state index in [0.29, 0.717) is 36.1 Å². The van der Waals surface area contributed by atoms with Crippen LogP contribution in [0.4, 0.5) is 18.9 Å². The molecule has 1 saturated heterocycles. The van der Waals surface area contributed by atoms with Crippen molar-refractivity contribution >= 4 is 40.4 Å². The Morgan fingerprint density at radius 1 is 1.13 bits per heavy atom. The Morgan fingerprint density at radius 2 is 1.83 bits per heavy atom. The smallest absolute Gasteiger partial charge is 0.422 e. The molecule has 3 rings (SSSR count). The summed E-state index contributed by atoms with van der Waals surface area (Å²) in [6.45, 7) is 0.00739. The molecule has 0 atom stereocenters. The number of carbonyl (C=O) groups excluding carboxylic acids is 2. The highest BCUT2D eigenvalue weighted by Crippen LogP contribution is 2.29. The van der Waals surface area contributed by atoms with Gasteiger partial charge in [0, 0.05) is 31.2 Å². The Labute approximate surface area is 180 Å². The topological polar surface area (TPSA) is 61.9 Å². The standard InChI is InChI=1S/C19H19ClF3N3O3S/c20-13-3-4-15(29-12-19(21,22)23)14(10-13)24-11-17(27)25-5-7-26(8-6-25)18(28)16-2-1-9-30-16/h1-4,9-10,24H,5-8,11-12H2. The van der Waals surface area contributed by atoms with Crippen molar-refractivity contribution in [3.63, 3.8) is 0 Å². The van der Waals surface area contributed by atoms with Gasteiger partial charge in [-0.25, -0.2) is 0 Å². The summed E-state index contributed by atoms with van der Waals surface area (Å²) in [5.41, 5.74) is 0.201. The van der Waals surface area contributed by atoms with Crippen LogP contribution in [0.25, 0.3) is 0 Å². The summed E-state index contributed by atoms with van der Waals surface area (Å²) in [6, 6.07) is 7.70. The number of rotatable bonds is 6. The first-order chi connectivity index (χ1) is 14.2. The molecule has 0 spiro atoms. The first kappa shape index (κ1) is 22.2. The number of anilines is 1. The highest BCUT2D eigenvalue weighted by molar-refractivity contribution is 7.12. The molecular formula is C19H19ClF3N3O3S. The van der Waals surface area contributed by atoms with E-state index in [1.807, 2.05) is 11.4 Å². The number of hydrogen-bond donors (Lipinski definition) is 1. The minimum absolute atomic E-state index is 0.0455. The van der Waals surface area contributed by atoms with Crippen molar-refractivity contribution in [3.8, 4) is 5.75 Å². The SMILES string of the molecule is O=C(CNc1cc(Cl)ccc1OCC(F)(F)F)N1CCN(C(=O)c2cccs2)CC1. The van der Waals surface area contributed by atoms with E-state index in [9.17, 15) is 22.8 Å². The maximum absolute atomic E-state index is 12.5. The van der Waals surface area contributed by atoms with Crippen molar-refractivity contribution in [1.29, 1.82) is 0 Å². The van der Waals surface area contributed by atoms with Crippen LogP contribution in [0.5, 0.6) is 5.75 Å². The highest BCUT2D eigenvalue weighted by Gasteiger charge is 2.29. The summed E-state index contributed by atoms with van der Waals surface area (Å²) >= 11 is 7.28. The Hall–Kier alpha value is -2.46. The second-order valence-electron chi connectivity index (χ2n) is 6.55. The molecule has 1 aromatic carbocycles. The van der Waals surface area contributed by atoms with E-state index >= 15 is 0 Å². The van der Waals surface area contributed by atoms with Crippen molar-refractivity contribution < 1.29 is 27.5 Å². The van der Waals surface area contributed by atoms with E-state index in [-0.39, 0.29) is 29.8 Å². The number of ether oxygens (including phenoxy) is 1. The molecule has 1 aromatic heterocycles. The zero-order chi connectivity index (χ0) is 21.7. The Kier molecular flexibility index (Phi) is 7.09. The van der Waals surface area contributed by atoms with Gasteiger partial charge in [-0.15, -0.1) is 11.3 Å². The van der Waals surface area contributed by atoms with Gasteiger partial charge in [-0.2, -0.15) is 13.2 Å². The monoisotopic (exact) mass is 461 g/mol. The maximum atomic E-state index is 12.5. The van der Waals surface area contributed by atoms with Crippen molar-refractivity contribution in [1.82, 2.24) is 9.80 Å². The molecule has 2 aromatic rings. The third kappa shape index (κ3) is 6.02. The molecule has 6 nitrogen and oxygen atoms in total. The number of piperazine rings is 1. The van der Waals surface area contributed by atoms with Crippen LogP contribution < -0.4 is 10.1 Å².